The van der Waals surface area contributed by atoms with Crippen LogP contribution >= 0.6 is 0 Å². The fourth-order valence-electron chi connectivity index (χ4n) is 1.35. The van der Waals surface area contributed by atoms with E-state index in [2.05, 4.69) is 26.1 Å². The molecular weight excluding hydrogens is 190 g/mol. The first kappa shape index (κ1) is 14.9. The highest BCUT2D eigenvalue weighted by Gasteiger charge is 2.15. The third kappa shape index (κ3) is 8.85. The highest BCUT2D eigenvalue weighted by molar-refractivity contribution is 4.68. The Balaban J connectivity index is 3.37. The van der Waals surface area contributed by atoms with Gasteiger partial charge in [0.1, 0.15) is 0 Å². The zero-order chi connectivity index (χ0) is 11.7. The topological polar surface area (TPSA) is 41.5 Å². The lowest BCUT2D eigenvalue weighted by molar-refractivity contribution is 0.125. The van der Waals surface area contributed by atoms with E-state index in [1.165, 1.54) is 0 Å². The van der Waals surface area contributed by atoms with Crippen LogP contribution in [0.4, 0.5) is 0 Å². The molecule has 3 heteroatoms. The Hall–Kier alpha value is -0.120. The molecule has 92 valence electrons. The molecule has 0 saturated carbocycles. The van der Waals surface area contributed by atoms with E-state index < -0.39 is 0 Å². The summed E-state index contributed by atoms with van der Waals surface area (Å²) in [6.45, 7) is 11.2. The van der Waals surface area contributed by atoms with Crippen molar-refractivity contribution in [1.82, 2.24) is 5.32 Å². The van der Waals surface area contributed by atoms with Crippen molar-refractivity contribution in [1.29, 1.82) is 0 Å². The molecule has 0 aliphatic carbocycles. The van der Waals surface area contributed by atoms with Gasteiger partial charge in [-0.2, -0.15) is 0 Å². The van der Waals surface area contributed by atoms with Crippen molar-refractivity contribution in [3.05, 3.63) is 0 Å². The molecule has 0 heterocycles. The van der Waals surface area contributed by atoms with Crippen molar-refractivity contribution in [2.45, 2.75) is 46.6 Å². The van der Waals surface area contributed by atoms with Crippen LogP contribution in [-0.4, -0.2) is 37.5 Å². The zero-order valence-electron chi connectivity index (χ0n) is 10.7. The van der Waals surface area contributed by atoms with Gasteiger partial charge < -0.3 is 15.2 Å². The van der Waals surface area contributed by atoms with Gasteiger partial charge >= 0.3 is 0 Å². The first-order valence-electron chi connectivity index (χ1n) is 5.94. The Morgan fingerprint density at radius 2 is 2.07 bits per heavy atom. The van der Waals surface area contributed by atoms with Crippen LogP contribution in [0.25, 0.3) is 0 Å². The smallest absolute Gasteiger partial charge is 0.0616 e. The van der Waals surface area contributed by atoms with E-state index in [4.69, 9.17) is 9.84 Å². The van der Waals surface area contributed by atoms with E-state index in [1.807, 2.05) is 6.92 Å². The van der Waals surface area contributed by atoms with E-state index in [-0.39, 0.29) is 12.0 Å². The molecule has 0 spiro atoms. The summed E-state index contributed by atoms with van der Waals surface area (Å²) in [5, 5.41) is 12.5. The molecule has 0 saturated heterocycles. The fourth-order valence-corrected chi connectivity index (χ4v) is 1.35. The van der Waals surface area contributed by atoms with Gasteiger partial charge in [0.25, 0.3) is 0 Å². The number of hydrogen-bond acceptors (Lipinski definition) is 3. The Labute approximate surface area is 94.2 Å². The molecule has 0 rings (SSSR count). The Bertz CT molecular complexity index is 149. The van der Waals surface area contributed by atoms with Gasteiger partial charge in [0, 0.05) is 19.3 Å². The zero-order valence-corrected chi connectivity index (χ0v) is 10.7. The van der Waals surface area contributed by atoms with Crippen LogP contribution in [-0.2, 0) is 4.74 Å². The standard InChI is InChI=1S/C12H27NO2/c1-5-15-9-11(2)13-8-6-7-12(3,4)10-14/h11,13-14H,5-10H2,1-4H3. The fraction of sp³-hybridized carbons (Fsp3) is 1.00. The van der Waals surface area contributed by atoms with Crippen LogP contribution < -0.4 is 5.32 Å². The normalized spacial score (nSPS) is 14.2. The minimum Gasteiger partial charge on any atom is -0.396 e. The second kappa shape index (κ2) is 8.08. The molecule has 0 radical (unpaired) electrons. The van der Waals surface area contributed by atoms with E-state index in [1.54, 1.807) is 0 Å². The molecule has 0 aliphatic heterocycles. The quantitative estimate of drug-likeness (QED) is 0.579. The monoisotopic (exact) mass is 217 g/mol. The maximum atomic E-state index is 9.08. The van der Waals surface area contributed by atoms with E-state index in [0.29, 0.717) is 6.04 Å². The minimum atomic E-state index is 0.0604. The average Bonchev–Trinajstić information content (AvgIpc) is 2.21. The highest BCUT2D eigenvalue weighted by atomic mass is 16.5. The first-order valence-corrected chi connectivity index (χ1v) is 5.94. The summed E-state index contributed by atoms with van der Waals surface area (Å²) < 4.78 is 5.31. The molecule has 3 nitrogen and oxygen atoms in total. The van der Waals surface area contributed by atoms with Crippen molar-refractivity contribution in [3.8, 4) is 0 Å². The maximum absolute atomic E-state index is 9.08. The summed E-state index contributed by atoms with van der Waals surface area (Å²) in [6, 6.07) is 0.419. The SMILES string of the molecule is CCOCC(C)NCCCC(C)(C)CO. The van der Waals surface area contributed by atoms with Gasteiger partial charge in [-0.1, -0.05) is 13.8 Å². The summed E-state index contributed by atoms with van der Waals surface area (Å²) in [5.74, 6) is 0. The van der Waals surface area contributed by atoms with Crippen molar-refractivity contribution < 1.29 is 9.84 Å². The molecule has 15 heavy (non-hydrogen) atoms. The largest absolute Gasteiger partial charge is 0.396 e. The Morgan fingerprint density at radius 3 is 2.60 bits per heavy atom. The average molecular weight is 217 g/mol. The van der Waals surface area contributed by atoms with Crippen LogP contribution in [0.5, 0.6) is 0 Å². The van der Waals surface area contributed by atoms with Gasteiger partial charge in [-0.25, -0.2) is 0 Å². The van der Waals surface area contributed by atoms with Gasteiger partial charge in [0.2, 0.25) is 0 Å². The number of ether oxygens (including phenoxy) is 1. The second-order valence-corrected chi connectivity index (χ2v) is 4.94. The van der Waals surface area contributed by atoms with Gasteiger partial charge in [-0.05, 0) is 38.6 Å². The molecule has 0 fully saturated rings. The third-order valence-electron chi connectivity index (χ3n) is 2.52. The van der Waals surface area contributed by atoms with Crippen molar-refractivity contribution in [2.24, 2.45) is 5.41 Å². The minimum absolute atomic E-state index is 0.0604. The van der Waals surface area contributed by atoms with Crippen LogP contribution in [0.1, 0.15) is 40.5 Å². The molecule has 0 bridgehead atoms. The van der Waals surface area contributed by atoms with Crippen LogP contribution in [0.2, 0.25) is 0 Å². The van der Waals surface area contributed by atoms with Crippen LogP contribution in [0.3, 0.4) is 0 Å². The highest BCUT2D eigenvalue weighted by Crippen LogP contribution is 2.20. The molecule has 0 amide bonds. The third-order valence-corrected chi connectivity index (χ3v) is 2.52. The van der Waals surface area contributed by atoms with Crippen molar-refractivity contribution >= 4 is 0 Å². The number of hydrogen-bond donors (Lipinski definition) is 2. The molecular formula is C12H27NO2. The number of aliphatic hydroxyl groups is 1. The molecule has 2 N–H and O–H groups in total. The predicted octanol–water partition coefficient (Wildman–Crippen LogP) is 1.80. The predicted molar refractivity (Wildman–Crippen MR) is 64.1 cm³/mol. The van der Waals surface area contributed by atoms with E-state index >= 15 is 0 Å². The molecule has 0 aromatic carbocycles. The number of aliphatic hydroxyl groups excluding tert-OH is 1. The molecule has 0 aliphatic rings. The molecule has 1 atom stereocenters. The Kier molecular flexibility index (Phi) is 8.02. The number of nitrogens with one attached hydrogen (secondary N) is 1. The van der Waals surface area contributed by atoms with E-state index in [0.717, 1.165) is 32.6 Å². The van der Waals surface area contributed by atoms with Gasteiger partial charge in [0.05, 0.1) is 6.61 Å². The van der Waals surface area contributed by atoms with Crippen molar-refractivity contribution in [3.63, 3.8) is 0 Å². The van der Waals surface area contributed by atoms with Crippen LogP contribution in [0, 0.1) is 5.41 Å². The molecule has 0 aromatic heterocycles. The molecule has 0 aromatic rings. The Morgan fingerprint density at radius 1 is 1.40 bits per heavy atom. The van der Waals surface area contributed by atoms with Gasteiger partial charge in [-0.15, -0.1) is 0 Å². The van der Waals surface area contributed by atoms with E-state index in [9.17, 15) is 0 Å². The maximum Gasteiger partial charge on any atom is 0.0616 e. The lowest BCUT2D eigenvalue weighted by Crippen LogP contribution is -2.32. The van der Waals surface area contributed by atoms with Crippen molar-refractivity contribution in [2.75, 3.05) is 26.4 Å². The first-order chi connectivity index (χ1) is 7.02. The summed E-state index contributed by atoms with van der Waals surface area (Å²) in [4.78, 5) is 0. The summed E-state index contributed by atoms with van der Waals surface area (Å²) in [6.07, 6.45) is 2.15. The lowest BCUT2D eigenvalue weighted by atomic mass is 9.89. The molecule has 1 unspecified atom stereocenters. The van der Waals surface area contributed by atoms with Crippen LogP contribution in [0.15, 0.2) is 0 Å². The number of rotatable bonds is 9. The summed E-state index contributed by atoms with van der Waals surface area (Å²) in [5.41, 5.74) is 0.0604. The summed E-state index contributed by atoms with van der Waals surface area (Å²) in [7, 11) is 0. The second-order valence-electron chi connectivity index (χ2n) is 4.94. The summed E-state index contributed by atoms with van der Waals surface area (Å²) >= 11 is 0. The lowest BCUT2D eigenvalue weighted by Gasteiger charge is -2.22. The van der Waals surface area contributed by atoms with Gasteiger partial charge in [0.15, 0.2) is 0 Å². The van der Waals surface area contributed by atoms with Gasteiger partial charge in [-0.3, -0.25) is 0 Å².